The molecule has 0 unspecified atom stereocenters. The zero-order chi connectivity index (χ0) is 21.6. The number of carbonyl (C=O) groups is 2. The molecule has 8 heteroatoms. The molecule has 2 aromatic carbocycles. The summed E-state index contributed by atoms with van der Waals surface area (Å²) in [6.07, 6.45) is 4.33. The lowest BCUT2D eigenvalue weighted by Gasteiger charge is -2.09. The van der Waals surface area contributed by atoms with Gasteiger partial charge in [-0.05, 0) is 35.4 Å². The summed E-state index contributed by atoms with van der Waals surface area (Å²) in [6.45, 7) is 0.513. The summed E-state index contributed by atoms with van der Waals surface area (Å²) in [4.78, 5) is 36.5. The van der Waals surface area contributed by atoms with Gasteiger partial charge in [0.1, 0.15) is 0 Å². The fourth-order valence-corrected chi connectivity index (χ4v) is 2.99. The van der Waals surface area contributed by atoms with Crippen molar-refractivity contribution in [3.8, 4) is 11.5 Å². The molecule has 1 aromatic heterocycles. The van der Waals surface area contributed by atoms with Gasteiger partial charge in [0.05, 0.1) is 12.1 Å². The van der Waals surface area contributed by atoms with E-state index in [4.69, 9.17) is 9.47 Å². The molecule has 0 bridgehead atoms. The Hall–Kier alpha value is -4.33. The van der Waals surface area contributed by atoms with Crippen LogP contribution in [0.15, 0.2) is 77.7 Å². The van der Waals surface area contributed by atoms with Gasteiger partial charge < -0.3 is 14.0 Å². The Bertz CT molecular complexity index is 1200. The highest BCUT2D eigenvalue weighted by Gasteiger charge is 2.12. The van der Waals surface area contributed by atoms with Crippen molar-refractivity contribution in [2.24, 2.45) is 0 Å². The number of benzene rings is 2. The summed E-state index contributed by atoms with van der Waals surface area (Å²) < 4.78 is 12.0. The van der Waals surface area contributed by atoms with Crippen molar-refractivity contribution in [1.82, 2.24) is 15.4 Å². The van der Waals surface area contributed by atoms with Crippen molar-refractivity contribution in [3.05, 3.63) is 100.0 Å². The molecule has 0 fully saturated rings. The molecule has 0 spiro atoms. The Morgan fingerprint density at radius 1 is 0.968 bits per heavy atom. The molecule has 0 atom stereocenters. The van der Waals surface area contributed by atoms with Crippen LogP contribution in [0.1, 0.15) is 21.5 Å². The van der Waals surface area contributed by atoms with Crippen LogP contribution in [-0.4, -0.2) is 23.2 Å². The first kappa shape index (κ1) is 20.0. The Labute approximate surface area is 177 Å². The zero-order valence-corrected chi connectivity index (χ0v) is 16.4. The van der Waals surface area contributed by atoms with Crippen molar-refractivity contribution >= 4 is 17.9 Å². The second-order valence-electron chi connectivity index (χ2n) is 6.76. The highest BCUT2D eigenvalue weighted by atomic mass is 16.7. The summed E-state index contributed by atoms with van der Waals surface area (Å²) >= 11 is 0. The number of hydrogen-bond acceptors (Lipinski definition) is 5. The number of nitrogens with zero attached hydrogens (tertiary/aromatic N) is 1. The van der Waals surface area contributed by atoms with Crippen molar-refractivity contribution in [1.29, 1.82) is 0 Å². The van der Waals surface area contributed by atoms with Crippen LogP contribution in [0, 0.1) is 0 Å². The van der Waals surface area contributed by atoms with Crippen molar-refractivity contribution in [2.75, 3.05) is 6.79 Å². The van der Waals surface area contributed by atoms with E-state index in [1.807, 2.05) is 30.3 Å². The largest absolute Gasteiger partial charge is 0.454 e. The van der Waals surface area contributed by atoms with Gasteiger partial charge in [0.25, 0.3) is 17.4 Å². The van der Waals surface area contributed by atoms with E-state index in [-0.39, 0.29) is 17.9 Å². The monoisotopic (exact) mass is 417 g/mol. The van der Waals surface area contributed by atoms with Crippen LogP contribution < -0.4 is 25.9 Å². The first-order valence-electron chi connectivity index (χ1n) is 9.51. The SMILES string of the molecule is O=C(/C=C/c1ccc2c(c1)OCO2)NNC(=O)c1ccc(=O)n(Cc2ccccc2)c1. The minimum atomic E-state index is -0.536. The standard InChI is InChI=1S/C23H19N3O5/c27-21(10-7-16-6-9-19-20(12-16)31-15-30-19)24-25-23(29)18-8-11-22(28)26(14-18)13-17-4-2-1-3-5-17/h1-12,14H,13,15H2,(H,24,27)(H,25,29)/b10-7+. The fourth-order valence-electron chi connectivity index (χ4n) is 2.99. The molecular weight excluding hydrogens is 398 g/mol. The fraction of sp³-hybridized carbons (Fsp3) is 0.0870. The van der Waals surface area contributed by atoms with E-state index in [2.05, 4.69) is 10.9 Å². The lowest BCUT2D eigenvalue weighted by atomic mass is 10.2. The zero-order valence-electron chi connectivity index (χ0n) is 16.4. The number of carbonyl (C=O) groups excluding carboxylic acids is 2. The summed E-state index contributed by atoms with van der Waals surface area (Å²) in [5.41, 5.74) is 6.36. The summed E-state index contributed by atoms with van der Waals surface area (Å²) in [5, 5.41) is 0. The van der Waals surface area contributed by atoms with Gasteiger partial charge in [-0.25, -0.2) is 0 Å². The van der Waals surface area contributed by atoms with Gasteiger partial charge in [-0.15, -0.1) is 0 Å². The predicted molar refractivity (Wildman–Crippen MR) is 113 cm³/mol. The van der Waals surface area contributed by atoms with Gasteiger partial charge in [-0.3, -0.25) is 25.2 Å². The Balaban J connectivity index is 1.35. The first-order chi connectivity index (χ1) is 15.1. The maximum absolute atomic E-state index is 12.4. The van der Waals surface area contributed by atoms with E-state index in [1.165, 1.54) is 29.0 Å². The van der Waals surface area contributed by atoms with Crippen LogP contribution in [-0.2, 0) is 11.3 Å². The predicted octanol–water partition coefficient (Wildman–Crippen LogP) is 2.10. The number of hydrazine groups is 1. The number of pyridine rings is 1. The average molecular weight is 417 g/mol. The minimum absolute atomic E-state index is 0.174. The Morgan fingerprint density at radius 3 is 2.61 bits per heavy atom. The van der Waals surface area contributed by atoms with Crippen LogP contribution in [0.4, 0.5) is 0 Å². The number of aromatic nitrogens is 1. The molecule has 156 valence electrons. The van der Waals surface area contributed by atoms with Crippen LogP contribution in [0.3, 0.4) is 0 Å². The number of amides is 2. The molecule has 2 amide bonds. The molecule has 1 aliphatic rings. The number of nitrogens with one attached hydrogen (secondary N) is 2. The molecule has 0 radical (unpaired) electrons. The van der Waals surface area contributed by atoms with Gasteiger partial charge in [-0.1, -0.05) is 36.4 Å². The molecule has 2 N–H and O–H groups in total. The van der Waals surface area contributed by atoms with Crippen LogP contribution in [0.2, 0.25) is 0 Å². The van der Waals surface area contributed by atoms with Crippen LogP contribution in [0.25, 0.3) is 6.08 Å². The average Bonchev–Trinajstić information content (AvgIpc) is 3.26. The lowest BCUT2D eigenvalue weighted by Crippen LogP contribution is -2.41. The van der Waals surface area contributed by atoms with E-state index >= 15 is 0 Å². The Morgan fingerprint density at radius 2 is 1.77 bits per heavy atom. The summed E-state index contributed by atoms with van der Waals surface area (Å²) in [5.74, 6) is 0.221. The van der Waals surface area contributed by atoms with Gasteiger partial charge in [0.2, 0.25) is 6.79 Å². The Kier molecular flexibility index (Phi) is 5.79. The molecule has 2 heterocycles. The molecular formula is C23H19N3O5. The third-order valence-corrected chi connectivity index (χ3v) is 4.56. The minimum Gasteiger partial charge on any atom is -0.454 e. The van der Waals surface area contributed by atoms with E-state index in [9.17, 15) is 14.4 Å². The van der Waals surface area contributed by atoms with E-state index < -0.39 is 11.8 Å². The van der Waals surface area contributed by atoms with Gasteiger partial charge in [-0.2, -0.15) is 0 Å². The van der Waals surface area contributed by atoms with Gasteiger partial charge in [0, 0.05) is 18.3 Å². The normalized spacial score (nSPS) is 12.0. The summed E-state index contributed by atoms with van der Waals surface area (Å²) in [7, 11) is 0. The topological polar surface area (TPSA) is 98.7 Å². The quantitative estimate of drug-likeness (QED) is 0.489. The first-order valence-corrected chi connectivity index (χ1v) is 9.51. The second-order valence-corrected chi connectivity index (χ2v) is 6.76. The molecule has 0 saturated heterocycles. The van der Waals surface area contributed by atoms with Crippen molar-refractivity contribution in [2.45, 2.75) is 6.54 Å². The molecule has 0 saturated carbocycles. The smallest absolute Gasteiger partial charge is 0.271 e. The molecule has 31 heavy (non-hydrogen) atoms. The maximum atomic E-state index is 12.4. The number of fused-ring (bicyclic) bond motifs is 1. The summed E-state index contributed by atoms with van der Waals surface area (Å²) in [6, 6.07) is 17.5. The number of rotatable bonds is 5. The maximum Gasteiger partial charge on any atom is 0.271 e. The third kappa shape index (κ3) is 4.99. The van der Waals surface area contributed by atoms with Gasteiger partial charge >= 0.3 is 0 Å². The molecule has 3 aromatic rings. The molecule has 0 aliphatic carbocycles. The second kappa shape index (κ2) is 9.00. The third-order valence-electron chi connectivity index (χ3n) is 4.56. The highest BCUT2D eigenvalue weighted by Crippen LogP contribution is 2.32. The molecule has 1 aliphatic heterocycles. The van der Waals surface area contributed by atoms with E-state index in [0.717, 1.165) is 11.1 Å². The van der Waals surface area contributed by atoms with E-state index in [1.54, 1.807) is 24.3 Å². The molecule has 4 rings (SSSR count). The van der Waals surface area contributed by atoms with E-state index in [0.29, 0.717) is 18.0 Å². The van der Waals surface area contributed by atoms with Gasteiger partial charge in [0.15, 0.2) is 11.5 Å². The number of ether oxygens (including phenoxy) is 2. The highest BCUT2D eigenvalue weighted by molar-refractivity contribution is 5.97. The number of hydrogen-bond donors (Lipinski definition) is 2. The van der Waals surface area contributed by atoms with Crippen LogP contribution in [0.5, 0.6) is 11.5 Å². The van der Waals surface area contributed by atoms with Crippen molar-refractivity contribution < 1.29 is 19.1 Å². The lowest BCUT2D eigenvalue weighted by molar-refractivity contribution is -0.117. The molecule has 8 nitrogen and oxygen atoms in total. The van der Waals surface area contributed by atoms with Crippen LogP contribution >= 0.6 is 0 Å². The van der Waals surface area contributed by atoms with Crippen molar-refractivity contribution in [3.63, 3.8) is 0 Å².